The van der Waals surface area contributed by atoms with Gasteiger partial charge in [-0.3, -0.25) is 4.79 Å². The largest absolute Gasteiger partial charge is 0.303 e. The monoisotopic (exact) mass is 440 g/mol. The summed E-state index contributed by atoms with van der Waals surface area (Å²) >= 11 is 0. The van der Waals surface area contributed by atoms with Crippen LogP contribution in [0.1, 0.15) is 112 Å². The van der Waals surface area contributed by atoms with Crippen molar-refractivity contribution in [3.63, 3.8) is 0 Å². The van der Waals surface area contributed by atoms with Crippen molar-refractivity contribution in [1.29, 1.82) is 0 Å². The third-order valence-corrected chi connectivity index (χ3v) is 11.0. The fourth-order valence-electron chi connectivity index (χ4n) is 9.21. The number of hydrogen-bond acceptors (Lipinski definition) is 2. The zero-order chi connectivity index (χ0) is 23.1. The molecular weight excluding hydrogens is 392 g/mol. The van der Waals surface area contributed by atoms with E-state index in [9.17, 15) is 9.59 Å². The highest BCUT2D eigenvalue weighted by molar-refractivity contribution is 5.91. The van der Waals surface area contributed by atoms with Crippen molar-refractivity contribution in [2.75, 3.05) is 0 Å². The number of rotatable bonds is 8. The maximum absolute atomic E-state index is 12.4. The topological polar surface area (TPSA) is 34.1 Å². The average molecular weight is 441 g/mol. The third-order valence-electron chi connectivity index (χ3n) is 11.0. The Bertz CT molecular complexity index is 735. The fraction of sp³-hybridized carbons (Fsp3) is 0.867. The van der Waals surface area contributed by atoms with Crippen molar-refractivity contribution in [2.45, 2.75) is 112 Å². The zero-order valence-corrected chi connectivity index (χ0v) is 21.5. The lowest BCUT2D eigenvalue weighted by molar-refractivity contribution is -0.126. The molecule has 0 spiro atoms. The molecule has 8 unspecified atom stereocenters. The Balaban J connectivity index is 1.47. The molecule has 3 fully saturated rings. The number of carbonyl (C=O) groups excluding carboxylic acids is 2. The van der Waals surface area contributed by atoms with E-state index in [4.69, 9.17) is 0 Å². The third kappa shape index (κ3) is 4.18. The molecule has 4 aliphatic rings. The summed E-state index contributed by atoms with van der Waals surface area (Å²) in [6.07, 6.45) is 17.6. The van der Waals surface area contributed by atoms with Crippen LogP contribution < -0.4 is 0 Å². The van der Waals surface area contributed by atoms with Crippen LogP contribution in [-0.4, -0.2) is 12.1 Å². The number of aldehydes is 1. The summed E-state index contributed by atoms with van der Waals surface area (Å²) in [5.41, 5.74) is 2.40. The Morgan fingerprint density at radius 3 is 2.56 bits per heavy atom. The quantitative estimate of drug-likeness (QED) is 0.219. The van der Waals surface area contributed by atoms with Crippen molar-refractivity contribution in [3.05, 3.63) is 11.6 Å². The molecule has 0 heterocycles. The fourth-order valence-corrected chi connectivity index (χ4v) is 9.21. The summed E-state index contributed by atoms with van der Waals surface area (Å²) in [6, 6.07) is 0. The van der Waals surface area contributed by atoms with E-state index in [0.29, 0.717) is 10.8 Å². The van der Waals surface area contributed by atoms with Crippen LogP contribution in [0.25, 0.3) is 0 Å². The van der Waals surface area contributed by atoms with E-state index in [2.05, 4.69) is 40.7 Å². The highest BCUT2D eigenvalue weighted by Gasteiger charge is 2.59. The Labute approximate surface area is 197 Å². The lowest BCUT2D eigenvalue weighted by Gasteiger charge is -2.58. The Morgan fingerprint density at radius 1 is 1.06 bits per heavy atom. The second-order valence-corrected chi connectivity index (χ2v) is 13.1. The number of allylic oxidation sites excluding steroid dienone is 2. The maximum atomic E-state index is 12.4. The van der Waals surface area contributed by atoms with Crippen LogP contribution in [0.15, 0.2) is 11.6 Å². The number of hydrogen-bond donors (Lipinski definition) is 0. The molecule has 3 saturated carbocycles. The van der Waals surface area contributed by atoms with Gasteiger partial charge >= 0.3 is 0 Å². The maximum Gasteiger partial charge on any atom is 0.143 e. The summed E-state index contributed by atoms with van der Waals surface area (Å²) in [7, 11) is 0. The molecule has 0 saturated heterocycles. The van der Waals surface area contributed by atoms with E-state index in [-0.39, 0.29) is 18.1 Å². The average Bonchev–Trinajstić information content (AvgIpc) is 3.10. The van der Waals surface area contributed by atoms with Gasteiger partial charge in [0, 0.05) is 5.92 Å². The van der Waals surface area contributed by atoms with Gasteiger partial charge in [-0.15, -0.1) is 0 Å². The van der Waals surface area contributed by atoms with Crippen LogP contribution in [-0.2, 0) is 9.59 Å². The van der Waals surface area contributed by atoms with E-state index in [1.807, 2.05) is 0 Å². The van der Waals surface area contributed by atoms with Gasteiger partial charge in [-0.25, -0.2) is 0 Å². The van der Waals surface area contributed by atoms with E-state index in [1.165, 1.54) is 51.4 Å². The summed E-state index contributed by atoms with van der Waals surface area (Å²) in [5.74, 6) is 5.41. The van der Waals surface area contributed by atoms with Crippen LogP contribution in [0, 0.1) is 52.3 Å². The van der Waals surface area contributed by atoms with Crippen LogP contribution in [0.2, 0.25) is 0 Å². The molecule has 4 aliphatic carbocycles. The first-order chi connectivity index (χ1) is 15.2. The van der Waals surface area contributed by atoms with Crippen LogP contribution in [0.5, 0.6) is 0 Å². The second-order valence-electron chi connectivity index (χ2n) is 13.1. The molecule has 0 aromatic heterocycles. The normalized spacial score (nSPS) is 41.9. The van der Waals surface area contributed by atoms with Crippen LogP contribution in [0.3, 0.4) is 0 Å². The number of carbonyl (C=O) groups is 2. The summed E-state index contributed by atoms with van der Waals surface area (Å²) < 4.78 is 0. The molecule has 4 rings (SSSR count). The van der Waals surface area contributed by atoms with Gasteiger partial charge in [-0.1, -0.05) is 65.5 Å². The highest BCUT2D eigenvalue weighted by atomic mass is 16.1. The van der Waals surface area contributed by atoms with Crippen molar-refractivity contribution < 1.29 is 9.59 Å². The first-order valence-electron chi connectivity index (χ1n) is 13.9. The second kappa shape index (κ2) is 9.38. The Kier molecular flexibility index (Phi) is 7.10. The molecule has 2 nitrogen and oxygen atoms in total. The molecule has 0 N–H and O–H groups in total. The molecule has 0 bridgehead atoms. The number of fused-ring (bicyclic) bond motifs is 5. The van der Waals surface area contributed by atoms with Crippen molar-refractivity contribution >= 4 is 12.1 Å². The molecule has 2 heteroatoms. The molecular formula is C30H48O2. The van der Waals surface area contributed by atoms with Gasteiger partial charge < -0.3 is 4.79 Å². The smallest absolute Gasteiger partial charge is 0.143 e. The molecule has 32 heavy (non-hydrogen) atoms. The van der Waals surface area contributed by atoms with Gasteiger partial charge in [0.15, 0.2) is 0 Å². The van der Waals surface area contributed by atoms with Gasteiger partial charge in [-0.05, 0) is 97.7 Å². The van der Waals surface area contributed by atoms with E-state index in [1.54, 1.807) is 5.57 Å². The summed E-state index contributed by atoms with van der Waals surface area (Å²) in [6.45, 7) is 12.5. The van der Waals surface area contributed by atoms with E-state index >= 15 is 0 Å². The number of ketones is 1. The van der Waals surface area contributed by atoms with Crippen molar-refractivity contribution in [1.82, 2.24) is 0 Å². The molecule has 0 amide bonds. The van der Waals surface area contributed by atoms with Gasteiger partial charge in [0.05, 0.1) is 6.42 Å². The molecule has 8 atom stereocenters. The van der Waals surface area contributed by atoms with Crippen molar-refractivity contribution in [3.8, 4) is 0 Å². The summed E-state index contributed by atoms with van der Waals surface area (Å²) in [4.78, 5) is 23.3. The van der Waals surface area contributed by atoms with E-state index < -0.39 is 0 Å². The standard InChI is InChI=1S/C30H48O2/c1-20(2)7-6-8-21(3)25-11-12-26-24-10-9-23-19-22(28(32)15-18-31)13-16-29(23,4)27(24)14-17-30(25,26)5/h9,18,20-22,24-27H,6-8,10-17,19H2,1-5H3. The first kappa shape index (κ1) is 24.2. The zero-order valence-electron chi connectivity index (χ0n) is 21.5. The lowest BCUT2D eigenvalue weighted by Crippen LogP contribution is -2.50. The van der Waals surface area contributed by atoms with Crippen LogP contribution in [0.4, 0.5) is 0 Å². The minimum atomic E-state index is 0.0903. The van der Waals surface area contributed by atoms with Crippen molar-refractivity contribution in [2.24, 2.45) is 52.3 Å². The molecule has 180 valence electrons. The number of Topliss-reactive ketones (excluding diaryl/α,β-unsaturated/α-hetero) is 1. The summed E-state index contributed by atoms with van der Waals surface area (Å²) in [5, 5.41) is 0. The molecule has 0 radical (unpaired) electrons. The van der Waals surface area contributed by atoms with Gasteiger partial charge in [0.1, 0.15) is 12.1 Å². The van der Waals surface area contributed by atoms with Gasteiger partial charge in [-0.2, -0.15) is 0 Å². The Hall–Kier alpha value is -0.920. The first-order valence-corrected chi connectivity index (χ1v) is 13.9. The predicted molar refractivity (Wildman–Crippen MR) is 132 cm³/mol. The van der Waals surface area contributed by atoms with Gasteiger partial charge in [0.2, 0.25) is 0 Å². The molecule has 0 aromatic carbocycles. The lowest BCUT2D eigenvalue weighted by atomic mass is 9.46. The van der Waals surface area contributed by atoms with E-state index in [0.717, 1.165) is 61.1 Å². The van der Waals surface area contributed by atoms with Gasteiger partial charge in [0.25, 0.3) is 0 Å². The molecule has 0 aliphatic heterocycles. The highest BCUT2D eigenvalue weighted by Crippen LogP contribution is 2.67. The molecule has 0 aromatic rings. The minimum absolute atomic E-state index is 0.0903. The van der Waals surface area contributed by atoms with Crippen LogP contribution >= 0.6 is 0 Å². The Morgan fingerprint density at radius 2 is 1.84 bits per heavy atom. The minimum Gasteiger partial charge on any atom is -0.303 e. The predicted octanol–water partition coefficient (Wildman–Crippen LogP) is 7.80. The SMILES string of the molecule is CC(C)CCCC(C)C1CCC2C3CC=C4CC(C(=O)CC=O)CCC4(C)C3CCC12C.